The summed E-state index contributed by atoms with van der Waals surface area (Å²) in [5, 5.41) is 0. The quantitative estimate of drug-likeness (QED) is 0.618. The first-order chi connectivity index (χ1) is 6.28. The molecule has 0 N–H and O–H groups in total. The average Bonchev–Trinajstić information content (AvgIpc) is 2.14. The molecule has 0 aromatic heterocycles. The van der Waals surface area contributed by atoms with Gasteiger partial charge in [0, 0.05) is 26.2 Å². The monoisotopic (exact) mass is 184 g/mol. The van der Waals surface area contributed by atoms with Crippen molar-refractivity contribution in [3.05, 3.63) is 0 Å². The normalized spacial score (nSPS) is 29.1. The summed E-state index contributed by atoms with van der Waals surface area (Å²) in [6, 6.07) is 0. The van der Waals surface area contributed by atoms with Gasteiger partial charge < -0.3 is 4.74 Å². The van der Waals surface area contributed by atoms with Crippen LogP contribution in [0.5, 0.6) is 0 Å². The molecule has 0 bridgehead atoms. The van der Waals surface area contributed by atoms with Crippen molar-refractivity contribution in [3.63, 3.8) is 0 Å². The van der Waals surface area contributed by atoms with Crippen LogP contribution >= 0.6 is 0 Å². The van der Waals surface area contributed by atoms with Crippen LogP contribution in [0.4, 0.5) is 0 Å². The molecular formula is C10H20N2O. The molecule has 3 nitrogen and oxygen atoms in total. The summed E-state index contributed by atoms with van der Waals surface area (Å²) in [4.78, 5) is 4.94. The molecule has 3 heteroatoms. The Kier molecular flexibility index (Phi) is 2.58. The first-order valence-corrected chi connectivity index (χ1v) is 5.37. The summed E-state index contributed by atoms with van der Waals surface area (Å²) in [6.45, 7) is 12.2. The van der Waals surface area contributed by atoms with E-state index in [9.17, 15) is 0 Å². The Balaban J connectivity index is 1.86. The lowest BCUT2D eigenvalue weighted by Crippen LogP contribution is -2.69. The van der Waals surface area contributed by atoms with Crippen molar-refractivity contribution >= 4 is 0 Å². The molecule has 2 rings (SSSR count). The minimum Gasteiger partial charge on any atom is -0.370 e. The molecule has 2 fully saturated rings. The average molecular weight is 184 g/mol. The van der Waals surface area contributed by atoms with Gasteiger partial charge in [0.2, 0.25) is 0 Å². The first-order valence-electron chi connectivity index (χ1n) is 5.37. The van der Waals surface area contributed by atoms with Crippen LogP contribution in [0.3, 0.4) is 0 Å². The van der Waals surface area contributed by atoms with Crippen LogP contribution in [0.1, 0.15) is 13.8 Å². The molecular weight excluding hydrogens is 164 g/mol. The number of likely N-dealkylation sites (tertiary alicyclic amines) is 1. The largest absolute Gasteiger partial charge is 0.370 e. The molecule has 0 aromatic carbocycles. The Morgan fingerprint density at radius 3 is 2.31 bits per heavy atom. The summed E-state index contributed by atoms with van der Waals surface area (Å²) in [5.74, 6) is 0. The first kappa shape index (κ1) is 9.44. The highest BCUT2D eigenvalue weighted by Crippen LogP contribution is 2.28. The summed E-state index contributed by atoms with van der Waals surface area (Å²) >= 11 is 0. The highest BCUT2D eigenvalue weighted by Gasteiger charge is 2.45. The molecule has 0 saturated carbocycles. The zero-order valence-corrected chi connectivity index (χ0v) is 8.75. The molecule has 0 atom stereocenters. The standard InChI is InChI=1S/C10H20N2O/c1-3-11-5-6-13-10(7-11)8-12(4-2)9-10/h3-9H2,1-2H3. The van der Waals surface area contributed by atoms with Gasteiger partial charge in [-0.05, 0) is 13.1 Å². The molecule has 0 aliphatic carbocycles. The Labute approximate surface area is 80.6 Å². The van der Waals surface area contributed by atoms with Crippen LogP contribution in [0, 0.1) is 0 Å². The number of hydrogen-bond donors (Lipinski definition) is 0. The van der Waals surface area contributed by atoms with E-state index in [1.54, 1.807) is 0 Å². The number of likely N-dealkylation sites (N-methyl/N-ethyl adjacent to an activating group) is 2. The van der Waals surface area contributed by atoms with Crippen molar-refractivity contribution in [3.8, 4) is 0 Å². The van der Waals surface area contributed by atoms with Crippen molar-refractivity contribution in [1.29, 1.82) is 0 Å². The van der Waals surface area contributed by atoms with Gasteiger partial charge in [-0.2, -0.15) is 0 Å². The smallest absolute Gasteiger partial charge is 0.106 e. The van der Waals surface area contributed by atoms with Gasteiger partial charge in [0.05, 0.1) is 6.61 Å². The fourth-order valence-electron chi connectivity index (χ4n) is 2.38. The van der Waals surface area contributed by atoms with E-state index in [1.165, 1.54) is 0 Å². The second kappa shape index (κ2) is 3.56. The van der Waals surface area contributed by atoms with Crippen LogP contribution in [0.2, 0.25) is 0 Å². The third kappa shape index (κ3) is 1.73. The van der Waals surface area contributed by atoms with Gasteiger partial charge in [-0.1, -0.05) is 13.8 Å². The van der Waals surface area contributed by atoms with Crippen molar-refractivity contribution < 1.29 is 4.74 Å². The third-order valence-corrected chi connectivity index (χ3v) is 3.25. The molecule has 0 aromatic rings. The van der Waals surface area contributed by atoms with Gasteiger partial charge in [-0.15, -0.1) is 0 Å². The minimum atomic E-state index is 0.199. The van der Waals surface area contributed by atoms with Crippen molar-refractivity contribution in [2.75, 3.05) is 45.9 Å². The van der Waals surface area contributed by atoms with Crippen LogP contribution in [0.15, 0.2) is 0 Å². The summed E-state index contributed by atoms with van der Waals surface area (Å²) in [7, 11) is 0. The molecule has 0 radical (unpaired) electrons. The van der Waals surface area contributed by atoms with Crippen LogP contribution in [-0.2, 0) is 4.74 Å². The lowest BCUT2D eigenvalue weighted by molar-refractivity contribution is -0.181. The van der Waals surface area contributed by atoms with Gasteiger partial charge in [0.1, 0.15) is 5.60 Å². The summed E-state index contributed by atoms with van der Waals surface area (Å²) in [6.07, 6.45) is 0. The lowest BCUT2D eigenvalue weighted by atomic mass is 9.92. The molecule has 13 heavy (non-hydrogen) atoms. The minimum absolute atomic E-state index is 0.199. The molecule has 2 heterocycles. The van der Waals surface area contributed by atoms with Gasteiger partial charge >= 0.3 is 0 Å². The summed E-state index contributed by atoms with van der Waals surface area (Å²) < 4.78 is 5.88. The number of morpholine rings is 1. The molecule has 0 amide bonds. The topological polar surface area (TPSA) is 15.7 Å². The van der Waals surface area contributed by atoms with E-state index in [2.05, 4.69) is 23.6 Å². The molecule has 76 valence electrons. The molecule has 2 aliphatic rings. The van der Waals surface area contributed by atoms with Crippen molar-refractivity contribution in [1.82, 2.24) is 9.80 Å². The zero-order valence-electron chi connectivity index (χ0n) is 8.75. The zero-order chi connectivity index (χ0) is 9.31. The maximum absolute atomic E-state index is 5.88. The molecule has 0 unspecified atom stereocenters. The van der Waals surface area contributed by atoms with Crippen molar-refractivity contribution in [2.45, 2.75) is 19.4 Å². The van der Waals surface area contributed by atoms with Gasteiger partial charge in [-0.25, -0.2) is 0 Å². The predicted octanol–water partition coefficient (Wildman–Crippen LogP) is 0.413. The van der Waals surface area contributed by atoms with E-state index in [0.717, 1.165) is 45.9 Å². The third-order valence-electron chi connectivity index (χ3n) is 3.25. The molecule has 1 spiro atoms. The SMILES string of the molecule is CCN1CCOC2(C1)CN(CC)C2. The highest BCUT2D eigenvalue weighted by molar-refractivity contribution is 5.00. The second-order valence-corrected chi connectivity index (χ2v) is 4.20. The maximum Gasteiger partial charge on any atom is 0.106 e. The van der Waals surface area contributed by atoms with E-state index >= 15 is 0 Å². The Hall–Kier alpha value is -0.120. The van der Waals surface area contributed by atoms with Gasteiger partial charge in [0.25, 0.3) is 0 Å². The predicted molar refractivity (Wildman–Crippen MR) is 52.9 cm³/mol. The van der Waals surface area contributed by atoms with Crippen LogP contribution in [-0.4, -0.2) is 61.3 Å². The number of nitrogens with zero attached hydrogens (tertiary/aromatic N) is 2. The van der Waals surface area contributed by atoms with Crippen molar-refractivity contribution in [2.24, 2.45) is 0 Å². The molecule has 2 aliphatic heterocycles. The fraction of sp³-hybridized carbons (Fsp3) is 1.00. The van der Waals surface area contributed by atoms with E-state index in [0.29, 0.717) is 0 Å². The maximum atomic E-state index is 5.88. The Morgan fingerprint density at radius 1 is 1.08 bits per heavy atom. The lowest BCUT2D eigenvalue weighted by Gasteiger charge is -2.53. The Bertz CT molecular complexity index is 178. The highest BCUT2D eigenvalue weighted by atomic mass is 16.5. The van der Waals surface area contributed by atoms with Crippen LogP contribution < -0.4 is 0 Å². The number of hydrogen-bond acceptors (Lipinski definition) is 3. The molecule has 2 saturated heterocycles. The Morgan fingerprint density at radius 2 is 1.69 bits per heavy atom. The van der Waals surface area contributed by atoms with E-state index in [4.69, 9.17) is 4.74 Å². The van der Waals surface area contributed by atoms with Gasteiger partial charge in [0.15, 0.2) is 0 Å². The number of ether oxygens (including phenoxy) is 1. The fourth-order valence-corrected chi connectivity index (χ4v) is 2.38. The number of rotatable bonds is 2. The van der Waals surface area contributed by atoms with E-state index < -0.39 is 0 Å². The van der Waals surface area contributed by atoms with E-state index in [1.807, 2.05) is 0 Å². The van der Waals surface area contributed by atoms with Gasteiger partial charge in [-0.3, -0.25) is 9.80 Å². The summed E-state index contributed by atoms with van der Waals surface area (Å²) in [5.41, 5.74) is 0.199. The van der Waals surface area contributed by atoms with Crippen LogP contribution in [0.25, 0.3) is 0 Å². The second-order valence-electron chi connectivity index (χ2n) is 4.20. The van der Waals surface area contributed by atoms with E-state index in [-0.39, 0.29) is 5.60 Å².